The Morgan fingerprint density at radius 2 is 1.14 bits per heavy atom. The summed E-state index contributed by atoms with van der Waals surface area (Å²) in [6.45, 7) is 1.73. The van der Waals surface area contributed by atoms with Gasteiger partial charge >= 0.3 is 53.9 Å². The van der Waals surface area contributed by atoms with Crippen LogP contribution in [-0.4, -0.2) is 105 Å². The topological polar surface area (TPSA) is 92.3 Å². The van der Waals surface area contributed by atoms with Gasteiger partial charge in [0.05, 0.1) is 26.9 Å². The van der Waals surface area contributed by atoms with E-state index in [2.05, 4.69) is 5.32 Å². The summed E-state index contributed by atoms with van der Waals surface area (Å²) in [5.74, 6) is -44.8. The standard InChI is InChI=1S/C39H47F18NO7/c1-6-30(2,3)29(60)58-24-10-12-25(13-11-24)65-28(59)15-9-23-8-14-26(27(22-23)61-5)62-19-7-16-31(4,63-20-17-32(40,41)34(44,45)36(48,49)38(52,53)54)64-21-18-33(42,43)35(46,47)37(50,51)39(55,56)57/h8-9,14-15,22,24-25H,6-7,10-13,16-21H2,1-5H3,(H,58,60)/b15-9+. The van der Waals surface area contributed by atoms with Gasteiger partial charge in [0, 0.05) is 36.8 Å². The van der Waals surface area contributed by atoms with Gasteiger partial charge in [-0.25, -0.2) is 4.79 Å². The van der Waals surface area contributed by atoms with Crippen molar-refractivity contribution in [3.05, 3.63) is 29.8 Å². The molecule has 1 saturated carbocycles. The van der Waals surface area contributed by atoms with Crippen LogP contribution in [0.3, 0.4) is 0 Å². The van der Waals surface area contributed by atoms with Crippen LogP contribution in [0.15, 0.2) is 24.3 Å². The van der Waals surface area contributed by atoms with Crippen molar-refractivity contribution in [2.75, 3.05) is 26.9 Å². The van der Waals surface area contributed by atoms with E-state index < -0.39 is 117 Å². The predicted octanol–water partition coefficient (Wildman–Crippen LogP) is 11.7. The molecular formula is C39H47F18NO7. The van der Waals surface area contributed by atoms with Crippen LogP contribution in [0.25, 0.3) is 6.08 Å². The van der Waals surface area contributed by atoms with Crippen molar-refractivity contribution in [3.8, 4) is 11.5 Å². The fourth-order valence-corrected chi connectivity index (χ4v) is 5.82. The molecule has 1 aliphatic carbocycles. The molecule has 2 rings (SSSR count). The zero-order valence-electron chi connectivity index (χ0n) is 35.2. The Morgan fingerprint density at radius 1 is 0.662 bits per heavy atom. The van der Waals surface area contributed by atoms with Gasteiger partial charge in [-0.2, -0.15) is 79.0 Å². The average molecular weight is 984 g/mol. The Balaban J connectivity index is 2.13. The van der Waals surface area contributed by atoms with Gasteiger partial charge < -0.3 is 29.0 Å². The molecule has 0 unspecified atom stereocenters. The largest absolute Gasteiger partial charge is 0.493 e. The highest BCUT2D eigenvalue weighted by molar-refractivity contribution is 5.87. The van der Waals surface area contributed by atoms with Gasteiger partial charge in [-0.05, 0) is 69.2 Å². The van der Waals surface area contributed by atoms with Crippen molar-refractivity contribution >= 4 is 18.0 Å². The number of carbonyl (C=O) groups is 2. The number of rotatable bonds is 24. The highest BCUT2D eigenvalue weighted by Crippen LogP contribution is 2.55. The maximum atomic E-state index is 14.1. The van der Waals surface area contributed by atoms with Crippen molar-refractivity contribution in [1.29, 1.82) is 0 Å². The van der Waals surface area contributed by atoms with Crippen molar-refractivity contribution in [1.82, 2.24) is 5.32 Å². The molecule has 1 aromatic carbocycles. The van der Waals surface area contributed by atoms with E-state index in [0.717, 1.165) is 6.08 Å². The van der Waals surface area contributed by atoms with Crippen molar-refractivity contribution < 1.29 is 112 Å². The second-order valence-electron chi connectivity index (χ2n) is 15.8. The Hall–Kier alpha value is -3.84. The molecule has 1 amide bonds. The summed E-state index contributed by atoms with van der Waals surface area (Å²) >= 11 is 0. The summed E-state index contributed by atoms with van der Waals surface area (Å²) in [7, 11) is 1.18. The third-order valence-electron chi connectivity index (χ3n) is 10.5. The molecule has 8 nitrogen and oxygen atoms in total. The second kappa shape index (κ2) is 21.0. The number of esters is 1. The summed E-state index contributed by atoms with van der Waals surface area (Å²) < 4.78 is 266. The molecule has 0 aromatic heterocycles. The van der Waals surface area contributed by atoms with E-state index in [0.29, 0.717) is 44.6 Å². The number of nitrogens with one attached hydrogen (secondary N) is 1. The lowest BCUT2D eigenvalue weighted by Gasteiger charge is -2.36. The molecule has 1 N–H and O–H groups in total. The molecule has 0 heterocycles. The number of amides is 1. The fourth-order valence-electron chi connectivity index (χ4n) is 5.82. The van der Waals surface area contributed by atoms with E-state index in [9.17, 15) is 88.6 Å². The summed E-state index contributed by atoms with van der Waals surface area (Å²) in [5.41, 5.74) is -0.177. The molecule has 1 fully saturated rings. The van der Waals surface area contributed by atoms with Crippen LogP contribution >= 0.6 is 0 Å². The number of alkyl halides is 18. The summed E-state index contributed by atoms with van der Waals surface area (Å²) in [6, 6.07) is 3.98. The van der Waals surface area contributed by atoms with Crippen LogP contribution in [0.4, 0.5) is 79.0 Å². The van der Waals surface area contributed by atoms with Crippen molar-refractivity contribution in [2.45, 2.75) is 151 Å². The zero-order chi connectivity index (χ0) is 50.3. The van der Waals surface area contributed by atoms with Gasteiger partial charge in [-0.3, -0.25) is 4.79 Å². The first-order valence-corrected chi connectivity index (χ1v) is 19.5. The first-order chi connectivity index (χ1) is 29.3. The maximum absolute atomic E-state index is 14.1. The smallest absolute Gasteiger partial charge is 0.460 e. The molecule has 1 aliphatic rings. The lowest BCUT2D eigenvalue weighted by molar-refractivity contribution is -0.399. The number of halogens is 18. The predicted molar refractivity (Wildman–Crippen MR) is 192 cm³/mol. The number of carbonyl (C=O) groups excluding carboxylic acids is 2. The van der Waals surface area contributed by atoms with Crippen LogP contribution in [-0.2, 0) is 23.8 Å². The van der Waals surface area contributed by atoms with Gasteiger partial charge in [0.25, 0.3) is 0 Å². The minimum atomic E-state index is -7.30. The van der Waals surface area contributed by atoms with E-state index >= 15 is 0 Å². The van der Waals surface area contributed by atoms with Gasteiger partial charge in [-0.15, -0.1) is 0 Å². The van der Waals surface area contributed by atoms with Gasteiger partial charge in [0.1, 0.15) is 6.10 Å². The number of methoxy groups -OCH3 is 1. The highest BCUT2D eigenvalue weighted by Gasteiger charge is 2.82. The van der Waals surface area contributed by atoms with Crippen molar-refractivity contribution in [2.24, 2.45) is 5.41 Å². The second-order valence-corrected chi connectivity index (χ2v) is 15.8. The van der Waals surface area contributed by atoms with Crippen LogP contribution < -0.4 is 14.8 Å². The van der Waals surface area contributed by atoms with E-state index in [4.69, 9.17) is 23.7 Å². The molecule has 0 radical (unpaired) electrons. The molecule has 26 heteroatoms. The molecule has 65 heavy (non-hydrogen) atoms. The average Bonchev–Trinajstić information content (AvgIpc) is 3.18. The van der Waals surface area contributed by atoms with Crippen molar-refractivity contribution in [3.63, 3.8) is 0 Å². The van der Waals surface area contributed by atoms with Gasteiger partial charge in [0.15, 0.2) is 17.3 Å². The van der Waals surface area contributed by atoms with Crippen LogP contribution in [0.2, 0.25) is 0 Å². The van der Waals surface area contributed by atoms with Gasteiger partial charge in [-0.1, -0.05) is 26.8 Å². The summed E-state index contributed by atoms with van der Waals surface area (Å²) in [5, 5.41) is 3.01. The number of ether oxygens (including phenoxy) is 5. The normalized spacial score (nSPS) is 17.9. The molecule has 1 aromatic rings. The minimum absolute atomic E-state index is 0.0000328. The Labute approximate surface area is 360 Å². The molecule has 376 valence electrons. The van der Waals surface area contributed by atoms with Gasteiger partial charge in [0.2, 0.25) is 5.91 Å². The third-order valence-corrected chi connectivity index (χ3v) is 10.5. The molecule has 0 atom stereocenters. The first kappa shape index (κ1) is 57.3. The maximum Gasteiger partial charge on any atom is 0.460 e. The number of benzene rings is 1. The zero-order valence-corrected chi connectivity index (χ0v) is 35.2. The minimum Gasteiger partial charge on any atom is -0.493 e. The Bertz CT molecular complexity index is 1700. The molecule has 0 aliphatic heterocycles. The lowest BCUT2D eigenvalue weighted by Crippen LogP contribution is -2.61. The molecule has 0 saturated heterocycles. The third kappa shape index (κ3) is 13.9. The molecule has 0 spiro atoms. The first-order valence-electron chi connectivity index (χ1n) is 19.5. The fraction of sp³-hybridized carbons (Fsp3) is 0.744. The van der Waals surface area contributed by atoms with Crippen LogP contribution in [0, 0.1) is 5.41 Å². The van der Waals surface area contributed by atoms with E-state index in [1.807, 2.05) is 20.8 Å². The lowest BCUT2D eigenvalue weighted by atomic mass is 9.87. The Morgan fingerprint density at radius 3 is 1.57 bits per heavy atom. The SMILES string of the molecule is CCC(C)(C)C(=O)NC1CCC(OC(=O)/C=C/c2ccc(OCCCC(C)(OCCC(F)(F)C(F)(F)C(F)(F)C(F)(F)F)OCCC(F)(F)C(F)(F)C(F)(F)C(F)(F)F)c(OC)c2)CC1. The number of hydrogen-bond acceptors (Lipinski definition) is 7. The van der Waals surface area contributed by atoms with E-state index in [-0.39, 0.29) is 23.4 Å². The molecular weight excluding hydrogens is 936 g/mol. The summed E-state index contributed by atoms with van der Waals surface area (Å²) in [6.07, 6.45) is -16.1. The summed E-state index contributed by atoms with van der Waals surface area (Å²) in [4.78, 5) is 25.0. The van der Waals surface area contributed by atoms with E-state index in [1.54, 1.807) is 0 Å². The monoisotopic (exact) mass is 983 g/mol. The quantitative estimate of drug-likeness (QED) is 0.0363. The van der Waals surface area contributed by atoms with Crippen LogP contribution in [0.1, 0.15) is 91.0 Å². The highest BCUT2D eigenvalue weighted by atomic mass is 19.4. The molecule has 0 bridgehead atoms. The Kier molecular flexibility index (Phi) is 18.5. The van der Waals surface area contributed by atoms with E-state index in [1.165, 1.54) is 31.4 Å². The van der Waals surface area contributed by atoms with Crippen LogP contribution in [0.5, 0.6) is 11.5 Å². The number of hydrogen-bond donors (Lipinski definition) is 1.